The Morgan fingerprint density at radius 3 is 2.41 bits per heavy atom. The Morgan fingerprint density at radius 1 is 1.03 bits per heavy atom. The fourth-order valence-electron chi connectivity index (χ4n) is 2.92. The molecule has 0 aliphatic carbocycles. The van der Waals surface area contributed by atoms with E-state index in [0.717, 1.165) is 22.3 Å². The number of sulfonamides is 1. The van der Waals surface area contributed by atoms with Gasteiger partial charge in [0.1, 0.15) is 6.54 Å². The molecule has 1 amide bonds. The van der Waals surface area contributed by atoms with Gasteiger partial charge in [0.25, 0.3) is 10.0 Å². The summed E-state index contributed by atoms with van der Waals surface area (Å²) in [4.78, 5) is 12.8. The maximum atomic E-state index is 13.4. The lowest BCUT2D eigenvalue weighted by atomic mass is 10.1. The average Bonchev–Trinajstić information content (AvgIpc) is 3.21. The molecule has 0 fully saturated rings. The second kappa shape index (κ2) is 8.80. The van der Waals surface area contributed by atoms with Gasteiger partial charge < -0.3 is 5.32 Å². The summed E-state index contributed by atoms with van der Waals surface area (Å²) in [7, 11) is -3.90. The first kappa shape index (κ1) is 21.1. The van der Waals surface area contributed by atoms with Gasteiger partial charge >= 0.3 is 0 Å². The Hall–Kier alpha value is -2.64. The Balaban J connectivity index is 1.94. The van der Waals surface area contributed by atoms with Crippen LogP contribution >= 0.6 is 11.3 Å². The van der Waals surface area contributed by atoms with E-state index >= 15 is 0 Å². The highest BCUT2D eigenvalue weighted by Gasteiger charge is 2.28. The first-order valence-electron chi connectivity index (χ1n) is 9.22. The number of thiophene rings is 1. The van der Waals surface area contributed by atoms with Crippen molar-refractivity contribution in [2.75, 3.05) is 10.8 Å². The zero-order valence-corrected chi connectivity index (χ0v) is 18.3. The number of aryl methyl sites for hydroxylation is 2. The molecular formula is C22H24N2O3S2. The number of rotatable bonds is 7. The number of hydrogen-bond donors (Lipinski definition) is 1. The van der Waals surface area contributed by atoms with Gasteiger partial charge in [0.05, 0.1) is 10.6 Å². The molecule has 0 saturated heterocycles. The van der Waals surface area contributed by atoms with E-state index in [0.29, 0.717) is 12.2 Å². The van der Waals surface area contributed by atoms with Crippen LogP contribution in [0.4, 0.5) is 5.69 Å². The van der Waals surface area contributed by atoms with Crippen molar-refractivity contribution in [2.45, 2.75) is 32.2 Å². The second-order valence-corrected chi connectivity index (χ2v) is 9.59. The normalized spacial score (nSPS) is 11.3. The fraction of sp³-hybridized carbons (Fsp3) is 0.227. The van der Waals surface area contributed by atoms with Gasteiger partial charge in [-0.1, -0.05) is 29.8 Å². The van der Waals surface area contributed by atoms with E-state index in [1.165, 1.54) is 4.31 Å². The summed E-state index contributed by atoms with van der Waals surface area (Å²) < 4.78 is 28.0. The number of amides is 1. The van der Waals surface area contributed by atoms with Crippen LogP contribution in [-0.2, 0) is 21.4 Å². The third-order valence-electron chi connectivity index (χ3n) is 4.81. The third-order valence-corrected chi connectivity index (χ3v) is 7.32. The van der Waals surface area contributed by atoms with Gasteiger partial charge in [-0.2, -0.15) is 11.3 Å². The van der Waals surface area contributed by atoms with Gasteiger partial charge in [-0.3, -0.25) is 9.10 Å². The smallest absolute Gasteiger partial charge is 0.264 e. The first-order valence-corrected chi connectivity index (χ1v) is 11.6. The number of nitrogens with one attached hydrogen (secondary N) is 1. The van der Waals surface area contributed by atoms with Crippen LogP contribution in [0.1, 0.15) is 22.3 Å². The largest absolute Gasteiger partial charge is 0.350 e. The number of benzene rings is 2. The zero-order chi connectivity index (χ0) is 21.0. The Kier molecular flexibility index (Phi) is 6.39. The minimum Gasteiger partial charge on any atom is -0.350 e. The fourth-order valence-corrected chi connectivity index (χ4v) is 5.07. The van der Waals surface area contributed by atoms with Crippen molar-refractivity contribution in [3.8, 4) is 0 Å². The highest BCUT2D eigenvalue weighted by atomic mass is 32.2. The van der Waals surface area contributed by atoms with Gasteiger partial charge in [0, 0.05) is 6.54 Å². The van der Waals surface area contributed by atoms with E-state index in [-0.39, 0.29) is 17.3 Å². The number of hydrogen-bond acceptors (Lipinski definition) is 4. The molecule has 0 radical (unpaired) electrons. The maximum absolute atomic E-state index is 13.4. The monoisotopic (exact) mass is 428 g/mol. The van der Waals surface area contributed by atoms with Gasteiger partial charge in [0.15, 0.2) is 0 Å². The molecular weight excluding hydrogens is 404 g/mol. The molecule has 0 spiro atoms. The summed E-state index contributed by atoms with van der Waals surface area (Å²) in [5.41, 5.74) is 4.26. The van der Waals surface area contributed by atoms with E-state index in [1.54, 1.807) is 47.7 Å². The van der Waals surface area contributed by atoms with Crippen LogP contribution in [0.25, 0.3) is 0 Å². The lowest BCUT2D eigenvalue weighted by Gasteiger charge is -2.26. The molecule has 1 aromatic heterocycles. The molecule has 7 heteroatoms. The van der Waals surface area contributed by atoms with Crippen molar-refractivity contribution >= 4 is 33.0 Å². The second-order valence-electron chi connectivity index (χ2n) is 6.95. The Morgan fingerprint density at radius 2 is 1.76 bits per heavy atom. The summed E-state index contributed by atoms with van der Waals surface area (Å²) in [6.07, 6.45) is 0. The van der Waals surface area contributed by atoms with E-state index < -0.39 is 10.0 Å². The highest BCUT2D eigenvalue weighted by molar-refractivity contribution is 7.92. The molecule has 3 aromatic rings. The van der Waals surface area contributed by atoms with Gasteiger partial charge in [0.2, 0.25) is 5.91 Å². The molecule has 0 atom stereocenters. The van der Waals surface area contributed by atoms with Crippen molar-refractivity contribution in [3.05, 3.63) is 81.5 Å². The highest BCUT2D eigenvalue weighted by Crippen LogP contribution is 2.28. The molecule has 1 N–H and O–H groups in total. The van der Waals surface area contributed by atoms with Gasteiger partial charge in [-0.05, 0) is 72.5 Å². The van der Waals surface area contributed by atoms with Crippen LogP contribution in [-0.4, -0.2) is 20.9 Å². The summed E-state index contributed by atoms with van der Waals surface area (Å²) in [6.45, 7) is 5.77. The minimum atomic E-state index is -3.90. The van der Waals surface area contributed by atoms with Gasteiger partial charge in [-0.15, -0.1) is 0 Å². The minimum absolute atomic E-state index is 0.162. The molecule has 3 rings (SSSR count). The SMILES string of the molecule is Cc1ccc(S(=O)(=O)N(CC(=O)NCc2ccsc2)c2cccc(C)c2C)cc1. The van der Waals surface area contributed by atoms with Crippen molar-refractivity contribution in [1.82, 2.24) is 5.32 Å². The van der Waals surface area contributed by atoms with Crippen molar-refractivity contribution in [2.24, 2.45) is 0 Å². The van der Waals surface area contributed by atoms with Gasteiger partial charge in [-0.25, -0.2) is 8.42 Å². The van der Waals surface area contributed by atoms with E-state index in [9.17, 15) is 13.2 Å². The predicted octanol–water partition coefficient (Wildman–Crippen LogP) is 4.19. The molecule has 1 heterocycles. The summed E-state index contributed by atoms with van der Waals surface area (Å²) in [6, 6.07) is 14.1. The number of carbonyl (C=O) groups is 1. The number of anilines is 1. The molecule has 0 bridgehead atoms. The molecule has 0 aliphatic rings. The third kappa shape index (κ3) is 4.86. The Labute approximate surface area is 176 Å². The maximum Gasteiger partial charge on any atom is 0.264 e. The van der Waals surface area contributed by atoms with Crippen molar-refractivity contribution in [1.29, 1.82) is 0 Å². The van der Waals surface area contributed by atoms with Crippen molar-refractivity contribution < 1.29 is 13.2 Å². The number of carbonyl (C=O) groups excluding carboxylic acids is 1. The van der Waals surface area contributed by atoms with Crippen LogP contribution in [0.2, 0.25) is 0 Å². The Bertz CT molecular complexity index is 1090. The summed E-state index contributed by atoms with van der Waals surface area (Å²) in [5, 5.41) is 6.70. The van der Waals surface area contributed by atoms with E-state index in [4.69, 9.17) is 0 Å². The molecule has 0 aliphatic heterocycles. The first-order chi connectivity index (χ1) is 13.8. The predicted molar refractivity (Wildman–Crippen MR) is 118 cm³/mol. The molecule has 29 heavy (non-hydrogen) atoms. The van der Waals surface area contributed by atoms with E-state index in [2.05, 4.69) is 5.32 Å². The lowest BCUT2D eigenvalue weighted by molar-refractivity contribution is -0.119. The standard InChI is InChI=1S/C22H24N2O3S2/c1-16-7-9-20(10-8-16)29(26,27)24(21-6-4-5-17(2)18(21)3)14-22(25)23-13-19-11-12-28-15-19/h4-12,15H,13-14H2,1-3H3,(H,23,25). The molecule has 152 valence electrons. The number of nitrogens with zero attached hydrogens (tertiary/aromatic N) is 1. The molecule has 0 unspecified atom stereocenters. The zero-order valence-electron chi connectivity index (χ0n) is 16.7. The lowest BCUT2D eigenvalue weighted by Crippen LogP contribution is -2.41. The topological polar surface area (TPSA) is 66.5 Å². The van der Waals surface area contributed by atoms with Crippen LogP contribution in [0, 0.1) is 20.8 Å². The molecule has 5 nitrogen and oxygen atoms in total. The average molecular weight is 429 g/mol. The van der Waals surface area contributed by atoms with Crippen molar-refractivity contribution in [3.63, 3.8) is 0 Å². The van der Waals surface area contributed by atoms with Crippen LogP contribution in [0.15, 0.2) is 64.2 Å². The van der Waals surface area contributed by atoms with Crippen LogP contribution in [0.3, 0.4) is 0 Å². The quantitative estimate of drug-likeness (QED) is 0.614. The van der Waals surface area contributed by atoms with Crippen LogP contribution < -0.4 is 9.62 Å². The van der Waals surface area contributed by atoms with Crippen LogP contribution in [0.5, 0.6) is 0 Å². The summed E-state index contributed by atoms with van der Waals surface area (Å²) >= 11 is 1.55. The molecule has 0 saturated carbocycles. The summed E-state index contributed by atoms with van der Waals surface area (Å²) in [5.74, 6) is -0.354. The molecule has 2 aromatic carbocycles. The van der Waals surface area contributed by atoms with E-state index in [1.807, 2.05) is 43.7 Å².